The molecule has 3 amide bonds. The average Bonchev–Trinajstić information content (AvgIpc) is 3.36. The molecule has 5 heteroatoms. The van der Waals surface area contributed by atoms with Crippen LogP contribution in [0.25, 0.3) is 0 Å². The molecule has 0 aliphatic heterocycles. The average molecular weight is 309 g/mol. The summed E-state index contributed by atoms with van der Waals surface area (Å²) in [6.07, 6.45) is 1.79. The molecule has 2 aromatic rings. The van der Waals surface area contributed by atoms with Crippen molar-refractivity contribution in [3.05, 3.63) is 65.7 Å². The number of carbonyl (C=O) groups is 2. The van der Waals surface area contributed by atoms with E-state index in [2.05, 4.69) is 10.6 Å². The van der Waals surface area contributed by atoms with Crippen molar-refractivity contribution in [2.24, 2.45) is 5.73 Å². The Morgan fingerprint density at radius 3 is 2.22 bits per heavy atom. The van der Waals surface area contributed by atoms with Crippen molar-refractivity contribution in [1.82, 2.24) is 5.32 Å². The van der Waals surface area contributed by atoms with Gasteiger partial charge in [-0.05, 0) is 36.1 Å². The minimum atomic E-state index is -0.593. The van der Waals surface area contributed by atoms with Gasteiger partial charge in [-0.2, -0.15) is 0 Å². The molecule has 1 aliphatic rings. The SMILES string of the molecule is NC(=O)Nc1ccc(CNC(=O)C2(c3ccccc3)CC2)cc1. The van der Waals surface area contributed by atoms with E-state index >= 15 is 0 Å². The van der Waals surface area contributed by atoms with Crippen LogP contribution in [0.4, 0.5) is 10.5 Å². The van der Waals surface area contributed by atoms with Gasteiger partial charge in [-0.15, -0.1) is 0 Å². The van der Waals surface area contributed by atoms with Crippen LogP contribution in [0, 0.1) is 0 Å². The summed E-state index contributed by atoms with van der Waals surface area (Å²) < 4.78 is 0. The molecule has 0 saturated heterocycles. The van der Waals surface area contributed by atoms with E-state index in [9.17, 15) is 9.59 Å². The van der Waals surface area contributed by atoms with Crippen LogP contribution >= 0.6 is 0 Å². The quantitative estimate of drug-likeness (QED) is 0.793. The molecule has 1 aliphatic carbocycles. The minimum absolute atomic E-state index is 0.0723. The Morgan fingerprint density at radius 2 is 1.65 bits per heavy atom. The first-order valence-electron chi connectivity index (χ1n) is 7.59. The second kappa shape index (κ2) is 6.12. The van der Waals surface area contributed by atoms with Gasteiger partial charge in [0.05, 0.1) is 5.41 Å². The molecule has 0 heterocycles. The number of nitrogens with two attached hydrogens (primary N) is 1. The molecule has 0 aromatic heterocycles. The number of hydrogen-bond donors (Lipinski definition) is 3. The number of hydrogen-bond acceptors (Lipinski definition) is 2. The van der Waals surface area contributed by atoms with Gasteiger partial charge in [0.25, 0.3) is 0 Å². The fraction of sp³-hybridized carbons (Fsp3) is 0.222. The monoisotopic (exact) mass is 309 g/mol. The summed E-state index contributed by atoms with van der Waals surface area (Å²) in [5.41, 5.74) is 7.40. The number of anilines is 1. The first-order chi connectivity index (χ1) is 11.1. The zero-order chi connectivity index (χ0) is 16.3. The molecule has 3 rings (SSSR count). The van der Waals surface area contributed by atoms with Gasteiger partial charge in [0.2, 0.25) is 5.91 Å². The Labute approximate surface area is 134 Å². The predicted octanol–water partition coefficient (Wildman–Crippen LogP) is 2.53. The standard InChI is InChI=1S/C18H19N3O2/c19-17(23)21-15-8-6-13(7-9-15)12-20-16(22)18(10-11-18)14-4-2-1-3-5-14/h1-9H,10-12H2,(H,20,22)(H3,19,21,23). The van der Waals surface area contributed by atoms with Gasteiger partial charge in [-0.3, -0.25) is 4.79 Å². The zero-order valence-electron chi connectivity index (χ0n) is 12.7. The second-order valence-corrected chi connectivity index (χ2v) is 5.82. The van der Waals surface area contributed by atoms with Crippen LogP contribution in [0.1, 0.15) is 24.0 Å². The highest BCUT2D eigenvalue weighted by Crippen LogP contribution is 2.48. The van der Waals surface area contributed by atoms with Gasteiger partial charge in [0.15, 0.2) is 0 Å². The first-order valence-corrected chi connectivity index (χ1v) is 7.59. The number of primary amides is 1. The van der Waals surface area contributed by atoms with Crippen LogP contribution in [0.3, 0.4) is 0 Å². The van der Waals surface area contributed by atoms with Crippen LogP contribution in [0.15, 0.2) is 54.6 Å². The van der Waals surface area contributed by atoms with Crippen molar-refractivity contribution >= 4 is 17.6 Å². The highest BCUT2D eigenvalue weighted by Gasteiger charge is 2.50. The number of amides is 3. The summed E-state index contributed by atoms with van der Waals surface area (Å²) >= 11 is 0. The Hall–Kier alpha value is -2.82. The number of benzene rings is 2. The smallest absolute Gasteiger partial charge is 0.316 e. The third kappa shape index (κ3) is 3.34. The largest absolute Gasteiger partial charge is 0.351 e. The molecule has 2 aromatic carbocycles. The van der Waals surface area contributed by atoms with Gasteiger partial charge < -0.3 is 16.4 Å². The molecule has 0 bridgehead atoms. The van der Waals surface area contributed by atoms with E-state index in [1.807, 2.05) is 42.5 Å². The fourth-order valence-corrected chi connectivity index (χ4v) is 2.73. The number of nitrogens with one attached hydrogen (secondary N) is 2. The topological polar surface area (TPSA) is 84.2 Å². The molecule has 5 nitrogen and oxygen atoms in total. The predicted molar refractivity (Wildman–Crippen MR) is 88.8 cm³/mol. The third-order valence-corrected chi connectivity index (χ3v) is 4.19. The normalized spacial score (nSPS) is 14.8. The maximum absolute atomic E-state index is 12.5. The van der Waals surface area contributed by atoms with Crippen molar-refractivity contribution in [1.29, 1.82) is 0 Å². The minimum Gasteiger partial charge on any atom is -0.351 e. The lowest BCUT2D eigenvalue weighted by atomic mass is 9.95. The maximum atomic E-state index is 12.5. The summed E-state index contributed by atoms with van der Waals surface area (Å²) in [6, 6.07) is 16.5. The lowest BCUT2D eigenvalue weighted by Gasteiger charge is -2.16. The van der Waals surface area contributed by atoms with Gasteiger partial charge in [0, 0.05) is 12.2 Å². The van der Waals surface area contributed by atoms with Crippen LogP contribution in [-0.2, 0) is 16.8 Å². The molecular formula is C18H19N3O2. The van der Waals surface area contributed by atoms with E-state index in [1.165, 1.54) is 0 Å². The van der Waals surface area contributed by atoms with E-state index in [-0.39, 0.29) is 11.3 Å². The number of carbonyl (C=O) groups excluding carboxylic acids is 2. The van der Waals surface area contributed by atoms with Crippen LogP contribution in [0.5, 0.6) is 0 Å². The van der Waals surface area contributed by atoms with Crippen molar-refractivity contribution in [2.75, 3.05) is 5.32 Å². The molecule has 0 radical (unpaired) electrons. The number of urea groups is 1. The molecule has 0 atom stereocenters. The Bertz CT molecular complexity index is 707. The molecule has 0 spiro atoms. The summed E-state index contributed by atoms with van der Waals surface area (Å²) in [6.45, 7) is 0.463. The lowest BCUT2D eigenvalue weighted by Crippen LogP contribution is -2.34. The van der Waals surface area contributed by atoms with Crippen LogP contribution in [-0.4, -0.2) is 11.9 Å². The maximum Gasteiger partial charge on any atom is 0.316 e. The van der Waals surface area contributed by atoms with Gasteiger partial charge in [0.1, 0.15) is 0 Å². The third-order valence-electron chi connectivity index (χ3n) is 4.19. The lowest BCUT2D eigenvalue weighted by molar-refractivity contribution is -0.123. The number of rotatable bonds is 5. The molecule has 1 fully saturated rings. The Kier molecular flexibility index (Phi) is 4.02. The first kappa shape index (κ1) is 15.1. The molecule has 118 valence electrons. The van der Waals surface area contributed by atoms with E-state index in [0.29, 0.717) is 12.2 Å². The van der Waals surface area contributed by atoms with E-state index in [0.717, 1.165) is 24.0 Å². The van der Waals surface area contributed by atoms with E-state index < -0.39 is 6.03 Å². The molecule has 23 heavy (non-hydrogen) atoms. The summed E-state index contributed by atoms with van der Waals surface area (Å²) in [5, 5.41) is 5.51. The van der Waals surface area contributed by atoms with E-state index in [1.54, 1.807) is 12.1 Å². The Balaban J connectivity index is 1.60. The van der Waals surface area contributed by atoms with Gasteiger partial charge >= 0.3 is 6.03 Å². The molecule has 0 unspecified atom stereocenters. The van der Waals surface area contributed by atoms with Crippen molar-refractivity contribution in [3.8, 4) is 0 Å². The molecular weight excluding hydrogens is 290 g/mol. The molecule has 1 saturated carbocycles. The molecule has 4 N–H and O–H groups in total. The zero-order valence-corrected chi connectivity index (χ0v) is 12.7. The Morgan fingerprint density at radius 1 is 1.00 bits per heavy atom. The summed E-state index contributed by atoms with van der Waals surface area (Å²) in [7, 11) is 0. The highest BCUT2D eigenvalue weighted by atomic mass is 16.2. The highest BCUT2D eigenvalue weighted by molar-refractivity contribution is 5.91. The van der Waals surface area contributed by atoms with Crippen LogP contribution < -0.4 is 16.4 Å². The van der Waals surface area contributed by atoms with Gasteiger partial charge in [-0.1, -0.05) is 42.5 Å². The van der Waals surface area contributed by atoms with Crippen LogP contribution in [0.2, 0.25) is 0 Å². The van der Waals surface area contributed by atoms with Crippen molar-refractivity contribution < 1.29 is 9.59 Å². The summed E-state index contributed by atoms with van der Waals surface area (Å²) in [4.78, 5) is 23.3. The van der Waals surface area contributed by atoms with Crippen molar-refractivity contribution in [3.63, 3.8) is 0 Å². The fourth-order valence-electron chi connectivity index (χ4n) is 2.73. The van der Waals surface area contributed by atoms with Gasteiger partial charge in [-0.25, -0.2) is 4.79 Å². The van der Waals surface area contributed by atoms with E-state index in [4.69, 9.17) is 5.73 Å². The summed E-state index contributed by atoms with van der Waals surface area (Å²) in [5.74, 6) is 0.0723. The van der Waals surface area contributed by atoms with Crippen molar-refractivity contribution in [2.45, 2.75) is 24.8 Å². The second-order valence-electron chi connectivity index (χ2n) is 5.82.